The molecular weight excluding hydrogens is 340 g/mol. The predicted octanol–water partition coefficient (Wildman–Crippen LogP) is 7.69. The quantitative estimate of drug-likeness (QED) is 0.323. The minimum Gasteiger partial charge on any atom is -0.373 e. The van der Waals surface area contributed by atoms with Gasteiger partial charge in [0.1, 0.15) is 0 Å². The Bertz CT molecular complexity index is 731. The van der Waals surface area contributed by atoms with Crippen molar-refractivity contribution in [2.24, 2.45) is 5.92 Å². The number of hydrogen-bond donors (Lipinski definition) is 0. The summed E-state index contributed by atoms with van der Waals surface area (Å²) in [4.78, 5) is 0. The maximum Gasteiger partial charge on any atom is 0.0721 e. The second kappa shape index (κ2) is 11.0. The van der Waals surface area contributed by atoms with Gasteiger partial charge in [-0.05, 0) is 72.6 Å². The van der Waals surface area contributed by atoms with Crippen LogP contribution in [0.4, 0.5) is 0 Å². The summed E-state index contributed by atoms with van der Waals surface area (Å²) in [5, 5.41) is 0. The molecule has 3 rings (SSSR count). The lowest BCUT2D eigenvalue weighted by Gasteiger charge is -2.28. The van der Waals surface area contributed by atoms with Gasteiger partial charge in [0.15, 0.2) is 0 Å². The van der Waals surface area contributed by atoms with Crippen LogP contribution < -0.4 is 0 Å². The molecule has 148 valence electrons. The van der Waals surface area contributed by atoms with E-state index in [9.17, 15) is 0 Å². The second-order valence-corrected chi connectivity index (χ2v) is 7.96. The smallest absolute Gasteiger partial charge is 0.0721 e. The summed E-state index contributed by atoms with van der Waals surface area (Å²) in [6, 6.07) is 18.0. The summed E-state index contributed by atoms with van der Waals surface area (Å²) >= 11 is 0. The zero-order chi connectivity index (χ0) is 19.6. The summed E-state index contributed by atoms with van der Waals surface area (Å²) in [6.45, 7) is 7.38. The Kier molecular flexibility index (Phi) is 8.11. The largest absolute Gasteiger partial charge is 0.373 e. The molecule has 0 amide bonds. The lowest BCUT2D eigenvalue weighted by Crippen LogP contribution is -2.12. The fourth-order valence-corrected chi connectivity index (χ4v) is 4.19. The third-order valence-corrected chi connectivity index (χ3v) is 5.90. The predicted molar refractivity (Wildman–Crippen MR) is 120 cm³/mol. The van der Waals surface area contributed by atoms with E-state index in [0.29, 0.717) is 13.2 Å². The summed E-state index contributed by atoms with van der Waals surface area (Å²) < 4.78 is 5.68. The van der Waals surface area contributed by atoms with Gasteiger partial charge in [-0.25, -0.2) is 0 Å². The van der Waals surface area contributed by atoms with Crippen LogP contribution in [0.1, 0.15) is 62.5 Å². The number of ether oxygens (including phenoxy) is 1. The Hall–Kier alpha value is -2.12. The van der Waals surface area contributed by atoms with Gasteiger partial charge in [0.2, 0.25) is 0 Å². The van der Waals surface area contributed by atoms with E-state index < -0.39 is 0 Å². The number of allylic oxidation sites excluding steroid dienone is 2. The van der Waals surface area contributed by atoms with Crippen molar-refractivity contribution >= 4 is 0 Å². The van der Waals surface area contributed by atoms with Gasteiger partial charge in [0.25, 0.3) is 0 Å². The topological polar surface area (TPSA) is 9.23 Å². The maximum atomic E-state index is 5.68. The van der Waals surface area contributed by atoms with Crippen LogP contribution in [-0.4, -0.2) is 6.61 Å². The molecule has 0 saturated heterocycles. The molecule has 28 heavy (non-hydrogen) atoms. The molecule has 1 saturated carbocycles. The highest BCUT2D eigenvalue weighted by Gasteiger charge is 2.21. The molecule has 0 aromatic heterocycles. The van der Waals surface area contributed by atoms with Crippen molar-refractivity contribution in [1.82, 2.24) is 0 Å². The van der Waals surface area contributed by atoms with Gasteiger partial charge in [-0.2, -0.15) is 0 Å². The molecule has 0 spiro atoms. The Balaban J connectivity index is 1.53. The highest BCUT2D eigenvalue weighted by atomic mass is 16.5. The Labute approximate surface area is 171 Å². The van der Waals surface area contributed by atoms with Gasteiger partial charge in [-0.3, -0.25) is 0 Å². The van der Waals surface area contributed by atoms with Crippen LogP contribution in [0.25, 0.3) is 11.1 Å². The summed E-state index contributed by atoms with van der Waals surface area (Å²) in [5.74, 6) is 1.59. The molecule has 1 heteroatoms. The molecular formula is C27H34O. The molecule has 1 nitrogen and oxygen atoms in total. The van der Waals surface area contributed by atoms with Crippen molar-refractivity contribution < 1.29 is 4.74 Å². The first kappa shape index (κ1) is 20.6. The van der Waals surface area contributed by atoms with Crippen molar-refractivity contribution in [2.45, 2.75) is 58.0 Å². The minimum atomic E-state index is 0.668. The molecule has 2 aromatic rings. The van der Waals surface area contributed by atoms with Gasteiger partial charge in [-0.1, -0.05) is 73.7 Å². The van der Waals surface area contributed by atoms with Crippen molar-refractivity contribution in [3.05, 3.63) is 84.5 Å². The fraction of sp³-hybridized carbons (Fsp3) is 0.407. The van der Waals surface area contributed by atoms with Gasteiger partial charge >= 0.3 is 0 Å². The molecule has 1 aliphatic carbocycles. The zero-order valence-electron chi connectivity index (χ0n) is 17.3. The molecule has 0 atom stereocenters. The van der Waals surface area contributed by atoms with Crippen LogP contribution in [-0.2, 0) is 11.3 Å². The van der Waals surface area contributed by atoms with Crippen LogP contribution >= 0.6 is 0 Å². The highest BCUT2D eigenvalue weighted by molar-refractivity contribution is 5.64. The molecule has 0 unspecified atom stereocenters. The molecule has 0 bridgehead atoms. The first-order valence-corrected chi connectivity index (χ1v) is 10.8. The lowest BCUT2D eigenvalue weighted by molar-refractivity contribution is 0.148. The number of hydrogen-bond acceptors (Lipinski definition) is 1. The van der Waals surface area contributed by atoms with Gasteiger partial charge in [-0.15, -0.1) is 6.58 Å². The van der Waals surface area contributed by atoms with Gasteiger partial charge in [0, 0.05) is 0 Å². The van der Waals surface area contributed by atoms with E-state index >= 15 is 0 Å². The van der Waals surface area contributed by atoms with Crippen molar-refractivity contribution in [1.29, 1.82) is 0 Å². The minimum absolute atomic E-state index is 0.668. The van der Waals surface area contributed by atoms with Gasteiger partial charge in [0.05, 0.1) is 13.2 Å². The van der Waals surface area contributed by atoms with E-state index in [4.69, 9.17) is 4.74 Å². The Morgan fingerprint density at radius 3 is 2.14 bits per heavy atom. The van der Waals surface area contributed by atoms with Gasteiger partial charge < -0.3 is 4.74 Å². The Morgan fingerprint density at radius 2 is 1.54 bits per heavy atom. The summed E-state index contributed by atoms with van der Waals surface area (Å²) in [7, 11) is 0. The van der Waals surface area contributed by atoms with E-state index in [1.54, 1.807) is 0 Å². The van der Waals surface area contributed by atoms with Crippen molar-refractivity contribution in [3.8, 4) is 11.1 Å². The fourth-order valence-electron chi connectivity index (χ4n) is 4.19. The van der Waals surface area contributed by atoms with E-state index in [0.717, 1.165) is 18.3 Å². The highest BCUT2D eigenvalue weighted by Crippen LogP contribution is 2.37. The average molecular weight is 375 g/mol. The van der Waals surface area contributed by atoms with E-state index in [2.05, 4.69) is 80.3 Å². The van der Waals surface area contributed by atoms with Crippen LogP contribution in [0, 0.1) is 5.92 Å². The number of benzene rings is 2. The molecule has 2 aromatic carbocycles. The third kappa shape index (κ3) is 5.94. The van der Waals surface area contributed by atoms with E-state index in [-0.39, 0.29) is 0 Å². The van der Waals surface area contributed by atoms with Crippen LogP contribution in [0.3, 0.4) is 0 Å². The summed E-state index contributed by atoms with van der Waals surface area (Å²) in [6.07, 6.45) is 13.9. The third-order valence-electron chi connectivity index (χ3n) is 5.90. The SMILES string of the molecule is C=CC[C@H]1CC[C@H](c2ccc(-c3ccc(COC/C=C/CC)cc3)cc2)CC1. The lowest BCUT2D eigenvalue weighted by atomic mass is 9.77. The van der Waals surface area contributed by atoms with Crippen LogP contribution in [0.2, 0.25) is 0 Å². The monoisotopic (exact) mass is 374 g/mol. The zero-order valence-corrected chi connectivity index (χ0v) is 17.3. The number of rotatable bonds is 9. The average Bonchev–Trinajstić information content (AvgIpc) is 2.75. The van der Waals surface area contributed by atoms with Crippen LogP contribution in [0.15, 0.2) is 73.3 Å². The standard InChI is InChI=1S/C27H34O/c1-3-5-6-20-28-21-23-10-14-25(15-11-23)27-18-16-26(17-19-27)24-12-8-22(7-4-2)9-13-24/h4-6,10-11,14-19,22,24H,2-3,7-9,12-13,20-21H2,1H3/b6-5+/t22-,24-. The molecule has 1 aliphatic rings. The second-order valence-electron chi connectivity index (χ2n) is 7.96. The molecule has 0 heterocycles. The van der Waals surface area contributed by atoms with Crippen molar-refractivity contribution in [2.75, 3.05) is 6.61 Å². The summed E-state index contributed by atoms with van der Waals surface area (Å²) in [5.41, 5.74) is 5.30. The van der Waals surface area contributed by atoms with Crippen molar-refractivity contribution in [3.63, 3.8) is 0 Å². The molecule has 1 fully saturated rings. The molecule has 0 aliphatic heterocycles. The first-order chi connectivity index (χ1) is 13.8. The first-order valence-electron chi connectivity index (χ1n) is 10.8. The molecule has 0 N–H and O–H groups in total. The normalized spacial score (nSPS) is 19.8. The van der Waals surface area contributed by atoms with E-state index in [1.165, 1.54) is 54.4 Å². The molecule has 0 radical (unpaired) electrons. The Morgan fingerprint density at radius 1 is 0.893 bits per heavy atom. The van der Waals surface area contributed by atoms with E-state index in [1.807, 2.05) is 0 Å². The van der Waals surface area contributed by atoms with Crippen LogP contribution in [0.5, 0.6) is 0 Å². The maximum absolute atomic E-state index is 5.68.